The van der Waals surface area contributed by atoms with Crippen LogP contribution < -0.4 is 0 Å². The molecule has 0 amide bonds. The highest BCUT2D eigenvalue weighted by atomic mass is 32.1. The number of aromatic nitrogens is 3. The Balaban J connectivity index is 1.51. The predicted octanol–water partition coefficient (Wildman–Crippen LogP) is 11.2. The highest BCUT2D eigenvalue weighted by molar-refractivity contribution is 7.23. The zero-order valence-corrected chi connectivity index (χ0v) is 25.2. The van der Waals surface area contributed by atoms with E-state index in [-0.39, 0.29) is 0 Å². The topological polar surface area (TPSA) is 22.2 Å². The van der Waals surface area contributed by atoms with E-state index >= 15 is 0 Å². The van der Waals surface area contributed by atoms with Crippen LogP contribution >= 0.6 is 11.3 Å². The number of benzene rings is 6. The maximum absolute atomic E-state index is 5.35. The minimum atomic E-state index is 1.01. The normalized spacial score (nSPS) is 11.6. The Morgan fingerprint density at radius 3 is 1.64 bits per heavy atom. The third-order valence-electron chi connectivity index (χ3n) is 8.57. The molecular weight excluding hydrogens is 567 g/mol. The molecule has 3 heterocycles. The maximum Gasteiger partial charge on any atom is 0.195 e. The summed E-state index contributed by atoms with van der Waals surface area (Å²) in [6, 6.07) is 58.4. The molecule has 4 heteroatoms. The molecule has 3 nitrogen and oxygen atoms in total. The van der Waals surface area contributed by atoms with Crippen LogP contribution in [0.5, 0.6) is 0 Å². The molecule has 0 bridgehead atoms. The van der Waals surface area contributed by atoms with Crippen molar-refractivity contribution < 1.29 is 0 Å². The number of nitrogens with zero attached hydrogens (tertiary/aromatic N) is 3. The molecule has 212 valence electrons. The number of thiazole rings is 1. The Labute approximate surface area is 264 Å². The van der Waals surface area contributed by atoms with Gasteiger partial charge in [0.15, 0.2) is 4.96 Å². The molecule has 0 saturated carbocycles. The molecule has 3 aromatic heterocycles. The summed E-state index contributed by atoms with van der Waals surface area (Å²) in [5.74, 6) is 0. The van der Waals surface area contributed by atoms with Crippen LogP contribution in [0.1, 0.15) is 0 Å². The van der Waals surface area contributed by atoms with Crippen LogP contribution in [-0.2, 0) is 0 Å². The van der Waals surface area contributed by atoms with Crippen LogP contribution in [0.25, 0.3) is 76.7 Å². The summed E-state index contributed by atoms with van der Waals surface area (Å²) >= 11 is 1.74. The lowest BCUT2D eigenvalue weighted by atomic mass is 9.91. The van der Waals surface area contributed by atoms with Crippen LogP contribution in [0.4, 0.5) is 0 Å². The second-order valence-corrected chi connectivity index (χ2v) is 12.2. The first-order valence-electron chi connectivity index (χ1n) is 15.2. The van der Waals surface area contributed by atoms with Crippen LogP contribution in [0.3, 0.4) is 0 Å². The van der Waals surface area contributed by atoms with Crippen molar-refractivity contribution in [1.82, 2.24) is 14.0 Å². The Morgan fingerprint density at radius 1 is 0.444 bits per heavy atom. The van der Waals surface area contributed by atoms with Crippen molar-refractivity contribution in [3.8, 4) is 50.5 Å². The second kappa shape index (κ2) is 10.5. The van der Waals surface area contributed by atoms with Crippen LogP contribution in [0, 0.1) is 0 Å². The highest BCUT2D eigenvalue weighted by Crippen LogP contribution is 2.51. The summed E-state index contributed by atoms with van der Waals surface area (Å²) < 4.78 is 6.01. The maximum atomic E-state index is 5.35. The molecule has 0 spiro atoms. The van der Waals surface area contributed by atoms with E-state index in [1.165, 1.54) is 26.9 Å². The molecule has 0 aliphatic rings. The van der Waals surface area contributed by atoms with Gasteiger partial charge in [-0.1, -0.05) is 145 Å². The Hall–Kier alpha value is -5.71. The van der Waals surface area contributed by atoms with Gasteiger partial charge in [-0.3, -0.25) is 4.40 Å². The molecule has 0 N–H and O–H groups in total. The number of para-hydroxylation sites is 3. The number of imidazole rings is 1. The summed E-state index contributed by atoms with van der Waals surface area (Å²) in [5, 5.41) is 0. The van der Waals surface area contributed by atoms with Gasteiger partial charge in [-0.15, -0.1) is 0 Å². The van der Waals surface area contributed by atoms with Gasteiger partial charge < -0.3 is 4.57 Å². The molecule has 0 unspecified atom stereocenters. The lowest BCUT2D eigenvalue weighted by Gasteiger charge is -2.16. The lowest BCUT2D eigenvalue weighted by molar-refractivity contribution is 1.10. The van der Waals surface area contributed by atoms with Gasteiger partial charge in [-0.25, -0.2) is 4.98 Å². The first-order valence-corrected chi connectivity index (χ1v) is 16.0. The van der Waals surface area contributed by atoms with Gasteiger partial charge in [0.25, 0.3) is 0 Å². The van der Waals surface area contributed by atoms with E-state index in [1.807, 2.05) is 0 Å². The van der Waals surface area contributed by atoms with Crippen molar-refractivity contribution >= 4 is 37.5 Å². The van der Waals surface area contributed by atoms with Crippen molar-refractivity contribution in [3.05, 3.63) is 164 Å². The number of fused-ring (bicyclic) bond motifs is 5. The van der Waals surface area contributed by atoms with E-state index in [4.69, 9.17) is 4.98 Å². The van der Waals surface area contributed by atoms with Crippen LogP contribution in [0.2, 0.25) is 0 Å². The fraction of sp³-hybridized carbons (Fsp3) is 0. The van der Waals surface area contributed by atoms with Gasteiger partial charge in [-0.05, 0) is 47.0 Å². The standard InChI is InChI=1S/C41H27N3S/c1-5-16-28(17-6-1)36-37(32-24-15-26-34-38(32)42-41-44(34)33-25-13-14-27-35(33)45-41)40(30-20-9-3-10-21-30)43(31-22-11-4-12-23-31)39(36)29-18-7-2-8-19-29/h1-27H. The summed E-state index contributed by atoms with van der Waals surface area (Å²) in [6.07, 6.45) is 0. The number of hydrogen-bond donors (Lipinski definition) is 0. The monoisotopic (exact) mass is 593 g/mol. The zero-order chi connectivity index (χ0) is 29.7. The fourth-order valence-corrected chi connectivity index (χ4v) is 7.73. The average Bonchev–Trinajstić information content (AvgIpc) is 3.78. The molecule has 0 aliphatic heterocycles. The predicted molar refractivity (Wildman–Crippen MR) is 189 cm³/mol. The van der Waals surface area contributed by atoms with E-state index < -0.39 is 0 Å². The molecular formula is C41H27N3S. The van der Waals surface area contributed by atoms with E-state index in [2.05, 4.69) is 173 Å². The quantitative estimate of drug-likeness (QED) is 0.195. The van der Waals surface area contributed by atoms with Crippen molar-refractivity contribution in [1.29, 1.82) is 0 Å². The van der Waals surface area contributed by atoms with E-state index in [0.29, 0.717) is 0 Å². The Bertz CT molecular complexity index is 2350. The summed E-state index contributed by atoms with van der Waals surface area (Å²) in [7, 11) is 0. The molecule has 9 aromatic rings. The SMILES string of the molecule is c1ccc(-c2c(-c3cccc4c3nc3sc5ccccc5n34)c(-c3ccccc3)n(-c3ccccc3)c2-c2ccccc2)cc1. The molecule has 0 aliphatic carbocycles. The van der Waals surface area contributed by atoms with E-state index in [0.717, 1.165) is 49.8 Å². The number of rotatable bonds is 5. The molecule has 0 radical (unpaired) electrons. The Kier molecular flexibility index (Phi) is 6.00. The summed E-state index contributed by atoms with van der Waals surface area (Å²) in [5.41, 5.74) is 13.7. The third kappa shape index (κ3) is 4.07. The zero-order valence-electron chi connectivity index (χ0n) is 24.3. The highest BCUT2D eigenvalue weighted by Gasteiger charge is 2.29. The number of hydrogen-bond acceptors (Lipinski definition) is 2. The van der Waals surface area contributed by atoms with Crippen molar-refractivity contribution in [2.75, 3.05) is 0 Å². The summed E-state index contributed by atoms with van der Waals surface area (Å²) in [6.45, 7) is 0. The van der Waals surface area contributed by atoms with Gasteiger partial charge in [0.1, 0.15) is 0 Å². The van der Waals surface area contributed by atoms with E-state index in [9.17, 15) is 0 Å². The smallest absolute Gasteiger partial charge is 0.195 e. The molecule has 45 heavy (non-hydrogen) atoms. The molecule has 9 rings (SSSR count). The summed E-state index contributed by atoms with van der Waals surface area (Å²) in [4.78, 5) is 6.36. The minimum Gasteiger partial charge on any atom is -0.308 e. The molecule has 6 aromatic carbocycles. The van der Waals surface area contributed by atoms with Gasteiger partial charge in [-0.2, -0.15) is 0 Å². The van der Waals surface area contributed by atoms with Crippen LogP contribution in [0.15, 0.2) is 164 Å². The average molecular weight is 594 g/mol. The van der Waals surface area contributed by atoms with Crippen LogP contribution in [-0.4, -0.2) is 14.0 Å². The van der Waals surface area contributed by atoms with Gasteiger partial charge in [0.05, 0.1) is 32.6 Å². The largest absolute Gasteiger partial charge is 0.308 e. The van der Waals surface area contributed by atoms with E-state index in [1.54, 1.807) is 11.3 Å². The first-order chi connectivity index (χ1) is 22.4. The molecule has 0 fully saturated rings. The van der Waals surface area contributed by atoms with Gasteiger partial charge in [0, 0.05) is 22.4 Å². The fourth-order valence-electron chi connectivity index (χ4n) is 6.70. The van der Waals surface area contributed by atoms with Gasteiger partial charge in [0.2, 0.25) is 0 Å². The Morgan fingerprint density at radius 2 is 0.978 bits per heavy atom. The van der Waals surface area contributed by atoms with Crippen molar-refractivity contribution in [2.24, 2.45) is 0 Å². The third-order valence-corrected chi connectivity index (χ3v) is 9.59. The van der Waals surface area contributed by atoms with Crippen molar-refractivity contribution in [2.45, 2.75) is 0 Å². The van der Waals surface area contributed by atoms with Gasteiger partial charge >= 0.3 is 0 Å². The van der Waals surface area contributed by atoms with Crippen molar-refractivity contribution in [3.63, 3.8) is 0 Å². The molecule has 0 saturated heterocycles. The minimum absolute atomic E-state index is 1.01. The first kappa shape index (κ1) is 25.8. The lowest BCUT2D eigenvalue weighted by Crippen LogP contribution is -2.00. The second-order valence-electron chi connectivity index (χ2n) is 11.2. The molecule has 0 atom stereocenters.